The van der Waals surface area contributed by atoms with Crippen molar-refractivity contribution < 1.29 is 19.5 Å². The van der Waals surface area contributed by atoms with Crippen molar-refractivity contribution in [1.29, 1.82) is 0 Å². The Morgan fingerprint density at radius 1 is 1.33 bits per heavy atom. The van der Waals surface area contributed by atoms with Crippen LogP contribution in [0.15, 0.2) is 36.7 Å². The van der Waals surface area contributed by atoms with Gasteiger partial charge in [0.2, 0.25) is 11.8 Å². The van der Waals surface area contributed by atoms with Gasteiger partial charge in [-0.3, -0.25) is 14.7 Å². The molecule has 1 aliphatic heterocycles. The standard InChI is InChI=1S/C16H16N4O4/c21-14-5-12(9-20(14)13-7-18-19-8-13)15(22)17-6-10-1-3-11(4-2-10)16(23)24/h1-4,7-8,12H,5-6,9H2,(H,17,22)(H,18,19)(H,23,24)/t12-/m0/s1. The van der Waals surface area contributed by atoms with Crippen molar-refractivity contribution in [3.8, 4) is 0 Å². The fourth-order valence-corrected chi connectivity index (χ4v) is 2.62. The number of H-pyrrole nitrogens is 1. The summed E-state index contributed by atoms with van der Waals surface area (Å²) in [7, 11) is 0. The molecule has 0 bridgehead atoms. The first-order chi connectivity index (χ1) is 11.5. The second kappa shape index (κ2) is 6.53. The van der Waals surface area contributed by atoms with Crippen LogP contribution in [0.25, 0.3) is 0 Å². The fourth-order valence-electron chi connectivity index (χ4n) is 2.62. The highest BCUT2D eigenvalue weighted by molar-refractivity contribution is 6.00. The van der Waals surface area contributed by atoms with Crippen molar-refractivity contribution in [3.63, 3.8) is 0 Å². The van der Waals surface area contributed by atoms with Gasteiger partial charge in [-0.1, -0.05) is 12.1 Å². The van der Waals surface area contributed by atoms with E-state index in [4.69, 9.17) is 5.11 Å². The minimum Gasteiger partial charge on any atom is -0.478 e. The van der Waals surface area contributed by atoms with Gasteiger partial charge in [0.15, 0.2) is 0 Å². The number of aromatic amines is 1. The van der Waals surface area contributed by atoms with Crippen molar-refractivity contribution >= 4 is 23.5 Å². The van der Waals surface area contributed by atoms with Crippen LogP contribution in [-0.4, -0.2) is 39.6 Å². The first-order valence-corrected chi connectivity index (χ1v) is 7.43. The smallest absolute Gasteiger partial charge is 0.335 e. The number of carbonyl (C=O) groups excluding carboxylic acids is 2. The van der Waals surface area contributed by atoms with Gasteiger partial charge in [-0.25, -0.2) is 4.79 Å². The quantitative estimate of drug-likeness (QED) is 0.750. The lowest BCUT2D eigenvalue weighted by atomic mass is 10.1. The molecule has 2 aromatic rings. The van der Waals surface area contributed by atoms with Gasteiger partial charge in [-0.15, -0.1) is 0 Å². The molecular weight excluding hydrogens is 312 g/mol. The zero-order chi connectivity index (χ0) is 17.1. The second-order valence-corrected chi connectivity index (χ2v) is 5.58. The molecule has 1 aliphatic rings. The molecule has 1 aromatic heterocycles. The average Bonchev–Trinajstić information content (AvgIpc) is 3.22. The van der Waals surface area contributed by atoms with E-state index in [0.717, 1.165) is 5.56 Å². The van der Waals surface area contributed by atoms with Crippen molar-refractivity contribution in [3.05, 3.63) is 47.8 Å². The third kappa shape index (κ3) is 3.27. The molecule has 2 amide bonds. The lowest BCUT2D eigenvalue weighted by Gasteiger charge is -2.14. The predicted octanol–water partition coefficient (Wildman–Crippen LogP) is 0.777. The monoisotopic (exact) mass is 328 g/mol. The Kier molecular flexibility index (Phi) is 4.28. The SMILES string of the molecule is O=C(O)c1ccc(CNC(=O)[C@H]2CC(=O)N(c3cn[nH]c3)C2)cc1. The average molecular weight is 328 g/mol. The lowest BCUT2D eigenvalue weighted by Crippen LogP contribution is -2.32. The van der Waals surface area contributed by atoms with Crippen molar-refractivity contribution in [2.75, 3.05) is 11.4 Å². The Labute approximate surface area is 137 Å². The molecular formula is C16H16N4O4. The molecule has 3 rings (SSSR count). The molecule has 24 heavy (non-hydrogen) atoms. The van der Waals surface area contributed by atoms with Gasteiger partial charge >= 0.3 is 5.97 Å². The maximum Gasteiger partial charge on any atom is 0.335 e. The van der Waals surface area contributed by atoms with Crippen LogP contribution >= 0.6 is 0 Å². The number of nitrogens with one attached hydrogen (secondary N) is 2. The van der Waals surface area contributed by atoms with Gasteiger partial charge in [0.25, 0.3) is 0 Å². The third-order valence-corrected chi connectivity index (χ3v) is 3.96. The largest absolute Gasteiger partial charge is 0.478 e. The number of carboxylic acids is 1. The summed E-state index contributed by atoms with van der Waals surface area (Å²) in [5.41, 5.74) is 1.64. The van der Waals surface area contributed by atoms with Crippen LogP contribution in [0.5, 0.6) is 0 Å². The zero-order valence-electron chi connectivity index (χ0n) is 12.7. The number of amides is 2. The van der Waals surface area contributed by atoms with Crippen molar-refractivity contribution in [1.82, 2.24) is 15.5 Å². The summed E-state index contributed by atoms with van der Waals surface area (Å²) in [6.07, 6.45) is 3.32. The molecule has 8 heteroatoms. The number of nitrogens with zero attached hydrogens (tertiary/aromatic N) is 2. The Morgan fingerprint density at radius 2 is 2.08 bits per heavy atom. The molecule has 1 atom stereocenters. The van der Waals surface area contributed by atoms with Crippen LogP contribution in [0, 0.1) is 5.92 Å². The summed E-state index contributed by atoms with van der Waals surface area (Å²) < 4.78 is 0. The van der Waals surface area contributed by atoms with Crippen LogP contribution in [0.1, 0.15) is 22.3 Å². The number of aromatic nitrogens is 2. The van der Waals surface area contributed by atoms with E-state index in [1.54, 1.807) is 24.5 Å². The van der Waals surface area contributed by atoms with Gasteiger partial charge in [0.1, 0.15) is 0 Å². The highest BCUT2D eigenvalue weighted by Gasteiger charge is 2.35. The second-order valence-electron chi connectivity index (χ2n) is 5.58. The molecule has 0 radical (unpaired) electrons. The number of aromatic carboxylic acids is 1. The van der Waals surface area contributed by atoms with E-state index < -0.39 is 11.9 Å². The first-order valence-electron chi connectivity index (χ1n) is 7.43. The minimum absolute atomic E-state index is 0.109. The van der Waals surface area contributed by atoms with E-state index in [1.165, 1.54) is 17.0 Å². The third-order valence-electron chi connectivity index (χ3n) is 3.96. The molecule has 0 saturated carbocycles. The van der Waals surface area contributed by atoms with Gasteiger partial charge in [0.05, 0.1) is 23.4 Å². The number of hydrogen-bond acceptors (Lipinski definition) is 4. The molecule has 2 heterocycles. The maximum atomic E-state index is 12.2. The molecule has 0 aliphatic carbocycles. The molecule has 124 valence electrons. The van der Waals surface area contributed by atoms with E-state index >= 15 is 0 Å². The van der Waals surface area contributed by atoms with Gasteiger partial charge in [0, 0.05) is 25.7 Å². The molecule has 0 spiro atoms. The zero-order valence-corrected chi connectivity index (χ0v) is 12.7. The van der Waals surface area contributed by atoms with Crippen LogP contribution in [0.4, 0.5) is 5.69 Å². The number of benzene rings is 1. The summed E-state index contributed by atoms with van der Waals surface area (Å²) in [4.78, 5) is 36.6. The van der Waals surface area contributed by atoms with Gasteiger partial charge < -0.3 is 15.3 Å². The lowest BCUT2D eigenvalue weighted by molar-refractivity contribution is -0.126. The number of anilines is 1. The Hall–Kier alpha value is -3.16. The maximum absolute atomic E-state index is 12.2. The van der Waals surface area contributed by atoms with Crippen molar-refractivity contribution in [2.24, 2.45) is 5.92 Å². The summed E-state index contributed by atoms with van der Waals surface area (Å²) in [5.74, 6) is -1.71. The molecule has 1 fully saturated rings. The van der Waals surface area contributed by atoms with E-state index in [-0.39, 0.29) is 30.3 Å². The Balaban J connectivity index is 1.56. The summed E-state index contributed by atoms with van der Waals surface area (Å²) in [5, 5.41) is 18.1. The van der Waals surface area contributed by atoms with Gasteiger partial charge in [-0.2, -0.15) is 5.10 Å². The van der Waals surface area contributed by atoms with E-state index in [0.29, 0.717) is 12.2 Å². The number of carbonyl (C=O) groups is 3. The molecule has 1 saturated heterocycles. The molecule has 1 aromatic carbocycles. The van der Waals surface area contributed by atoms with E-state index in [1.807, 2.05) is 0 Å². The van der Waals surface area contributed by atoms with E-state index in [9.17, 15) is 14.4 Å². The molecule has 8 nitrogen and oxygen atoms in total. The Bertz CT molecular complexity index is 755. The molecule has 0 unspecified atom stereocenters. The number of rotatable bonds is 5. The first kappa shape index (κ1) is 15.7. The van der Waals surface area contributed by atoms with Crippen LogP contribution in [-0.2, 0) is 16.1 Å². The summed E-state index contributed by atoms with van der Waals surface area (Å²) >= 11 is 0. The van der Waals surface area contributed by atoms with Crippen LogP contribution in [0.2, 0.25) is 0 Å². The Morgan fingerprint density at radius 3 is 2.71 bits per heavy atom. The highest BCUT2D eigenvalue weighted by Crippen LogP contribution is 2.24. The minimum atomic E-state index is -0.991. The normalized spacial score (nSPS) is 17.1. The number of carboxylic acid groups (broad SMARTS) is 1. The van der Waals surface area contributed by atoms with Crippen molar-refractivity contribution in [2.45, 2.75) is 13.0 Å². The van der Waals surface area contributed by atoms with E-state index in [2.05, 4.69) is 15.5 Å². The topological polar surface area (TPSA) is 115 Å². The van der Waals surface area contributed by atoms with Crippen LogP contribution < -0.4 is 10.2 Å². The summed E-state index contributed by atoms with van der Waals surface area (Å²) in [6, 6.07) is 6.29. The predicted molar refractivity (Wildman–Crippen MR) is 84.3 cm³/mol. The van der Waals surface area contributed by atoms with Crippen LogP contribution in [0.3, 0.4) is 0 Å². The summed E-state index contributed by atoms with van der Waals surface area (Å²) in [6.45, 7) is 0.608. The molecule has 3 N–H and O–H groups in total. The highest BCUT2D eigenvalue weighted by atomic mass is 16.4. The number of hydrogen-bond donors (Lipinski definition) is 3. The fraction of sp³-hybridized carbons (Fsp3) is 0.250. The van der Waals surface area contributed by atoms with Gasteiger partial charge in [-0.05, 0) is 17.7 Å².